The monoisotopic (exact) mass is 412 g/mol. The Labute approximate surface area is 168 Å². The maximum absolute atomic E-state index is 12.7. The summed E-state index contributed by atoms with van der Waals surface area (Å²) in [6, 6.07) is 15.4. The van der Waals surface area contributed by atoms with Crippen LogP contribution in [0.3, 0.4) is 0 Å². The van der Waals surface area contributed by atoms with Crippen LogP contribution in [-0.2, 0) is 16.6 Å². The van der Waals surface area contributed by atoms with Crippen molar-refractivity contribution in [1.82, 2.24) is 19.8 Å². The van der Waals surface area contributed by atoms with Gasteiger partial charge in [-0.05, 0) is 31.0 Å². The van der Waals surface area contributed by atoms with Crippen molar-refractivity contribution in [2.75, 3.05) is 13.1 Å². The van der Waals surface area contributed by atoms with E-state index in [1.165, 1.54) is 16.4 Å². The number of nitrogens with one attached hydrogen (secondary N) is 1. The minimum atomic E-state index is -3.58. The van der Waals surface area contributed by atoms with Crippen molar-refractivity contribution in [3.63, 3.8) is 0 Å². The highest BCUT2D eigenvalue weighted by Crippen LogP contribution is 2.21. The quantitative estimate of drug-likeness (QED) is 0.667. The summed E-state index contributed by atoms with van der Waals surface area (Å²) in [6.45, 7) is 1.07. The van der Waals surface area contributed by atoms with Crippen molar-refractivity contribution >= 4 is 15.9 Å². The van der Waals surface area contributed by atoms with Crippen LogP contribution in [0.2, 0.25) is 0 Å². The molecule has 29 heavy (non-hydrogen) atoms. The molecule has 0 atom stereocenters. The molecule has 4 rings (SSSR count). The first-order chi connectivity index (χ1) is 14.0. The first kappa shape index (κ1) is 19.3. The number of amides is 1. The number of rotatable bonds is 6. The molecule has 0 saturated carbocycles. The van der Waals surface area contributed by atoms with Crippen molar-refractivity contribution in [2.24, 2.45) is 0 Å². The molecule has 0 radical (unpaired) electrons. The summed E-state index contributed by atoms with van der Waals surface area (Å²) in [5.41, 5.74) is 1.07. The Balaban J connectivity index is 1.44. The van der Waals surface area contributed by atoms with Gasteiger partial charge in [0, 0.05) is 24.2 Å². The zero-order valence-corrected chi connectivity index (χ0v) is 16.4. The third kappa shape index (κ3) is 4.20. The van der Waals surface area contributed by atoms with E-state index in [4.69, 9.17) is 4.52 Å². The first-order valence-corrected chi connectivity index (χ1v) is 10.7. The molecule has 2 heterocycles. The Kier molecular flexibility index (Phi) is 5.41. The lowest BCUT2D eigenvalue weighted by Crippen LogP contribution is -2.28. The predicted octanol–water partition coefficient (Wildman–Crippen LogP) is 2.45. The Bertz CT molecular complexity index is 1110. The number of hydrogen-bond acceptors (Lipinski definition) is 6. The Morgan fingerprint density at radius 2 is 1.83 bits per heavy atom. The average molecular weight is 412 g/mol. The number of sulfonamides is 1. The zero-order valence-electron chi connectivity index (χ0n) is 15.6. The van der Waals surface area contributed by atoms with Crippen LogP contribution in [0.4, 0.5) is 0 Å². The molecule has 9 heteroatoms. The van der Waals surface area contributed by atoms with Crippen molar-refractivity contribution in [1.29, 1.82) is 0 Å². The molecule has 2 aromatic carbocycles. The summed E-state index contributed by atoms with van der Waals surface area (Å²) in [7, 11) is -3.58. The third-order valence-corrected chi connectivity index (χ3v) is 6.59. The van der Waals surface area contributed by atoms with Crippen LogP contribution in [0.25, 0.3) is 11.4 Å². The van der Waals surface area contributed by atoms with E-state index in [0.717, 1.165) is 18.4 Å². The molecule has 8 nitrogen and oxygen atoms in total. The Morgan fingerprint density at radius 1 is 1.07 bits per heavy atom. The normalized spacial score (nSPS) is 14.8. The number of hydrogen-bond donors (Lipinski definition) is 1. The van der Waals surface area contributed by atoms with Gasteiger partial charge in [0.2, 0.25) is 21.7 Å². The number of nitrogens with zero attached hydrogens (tertiary/aromatic N) is 3. The van der Waals surface area contributed by atoms with Gasteiger partial charge in [-0.25, -0.2) is 8.42 Å². The third-order valence-electron chi connectivity index (χ3n) is 4.70. The van der Waals surface area contributed by atoms with Gasteiger partial charge in [-0.3, -0.25) is 4.79 Å². The van der Waals surface area contributed by atoms with Crippen LogP contribution in [-0.4, -0.2) is 41.9 Å². The second-order valence-corrected chi connectivity index (χ2v) is 8.64. The van der Waals surface area contributed by atoms with Gasteiger partial charge in [0.1, 0.15) is 0 Å². The lowest BCUT2D eigenvalue weighted by Gasteiger charge is -2.15. The highest BCUT2D eigenvalue weighted by molar-refractivity contribution is 7.89. The highest BCUT2D eigenvalue weighted by Gasteiger charge is 2.27. The average Bonchev–Trinajstić information content (AvgIpc) is 3.45. The summed E-state index contributed by atoms with van der Waals surface area (Å²) in [6.07, 6.45) is 1.71. The second kappa shape index (κ2) is 8.14. The van der Waals surface area contributed by atoms with Crippen molar-refractivity contribution in [3.05, 3.63) is 66.1 Å². The maximum Gasteiger partial charge on any atom is 0.251 e. The fraction of sp³-hybridized carbons (Fsp3) is 0.250. The number of aromatic nitrogens is 2. The highest BCUT2D eigenvalue weighted by atomic mass is 32.2. The molecule has 150 valence electrons. The van der Waals surface area contributed by atoms with E-state index in [1.807, 2.05) is 30.3 Å². The smallest absolute Gasteiger partial charge is 0.251 e. The Morgan fingerprint density at radius 3 is 2.59 bits per heavy atom. The number of carbonyl (C=O) groups is 1. The van der Waals surface area contributed by atoms with E-state index in [-0.39, 0.29) is 22.9 Å². The van der Waals surface area contributed by atoms with Gasteiger partial charge in [0.15, 0.2) is 0 Å². The maximum atomic E-state index is 12.7. The molecule has 1 N–H and O–H groups in total. The van der Waals surface area contributed by atoms with E-state index >= 15 is 0 Å². The van der Waals surface area contributed by atoms with E-state index in [2.05, 4.69) is 15.5 Å². The first-order valence-electron chi connectivity index (χ1n) is 9.30. The molecule has 0 unspecified atom stereocenters. The molecule has 0 bridgehead atoms. The zero-order chi connectivity index (χ0) is 20.3. The summed E-state index contributed by atoms with van der Waals surface area (Å²) < 4.78 is 32.0. The lowest BCUT2D eigenvalue weighted by atomic mass is 10.2. The molecular weight excluding hydrogens is 392 g/mol. The largest absolute Gasteiger partial charge is 0.343 e. The molecule has 3 aromatic rings. The second-order valence-electron chi connectivity index (χ2n) is 6.70. The molecule has 0 spiro atoms. The number of carbonyl (C=O) groups excluding carboxylic acids is 1. The van der Waals surface area contributed by atoms with Crippen LogP contribution in [0.15, 0.2) is 64.0 Å². The van der Waals surface area contributed by atoms with Crippen LogP contribution in [0.1, 0.15) is 29.1 Å². The Hall–Kier alpha value is -3.04. The topological polar surface area (TPSA) is 105 Å². The van der Waals surface area contributed by atoms with E-state index in [1.54, 1.807) is 12.1 Å². The summed E-state index contributed by atoms with van der Waals surface area (Å²) >= 11 is 0. The summed E-state index contributed by atoms with van der Waals surface area (Å²) in [5.74, 6) is 0.287. The van der Waals surface area contributed by atoms with Crippen molar-refractivity contribution in [2.45, 2.75) is 24.3 Å². The summed E-state index contributed by atoms with van der Waals surface area (Å²) in [4.78, 5) is 16.9. The number of benzene rings is 2. The fourth-order valence-electron chi connectivity index (χ4n) is 3.16. The molecule has 1 saturated heterocycles. The van der Waals surface area contributed by atoms with Crippen LogP contribution < -0.4 is 5.32 Å². The molecule has 1 amide bonds. The minimum Gasteiger partial charge on any atom is -0.343 e. The van der Waals surface area contributed by atoms with Gasteiger partial charge in [0.05, 0.1) is 11.4 Å². The van der Waals surface area contributed by atoms with E-state index in [0.29, 0.717) is 18.9 Å². The van der Waals surface area contributed by atoms with Crippen LogP contribution in [0, 0.1) is 0 Å². The van der Waals surface area contributed by atoms with Crippen LogP contribution in [0.5, 0.6) is 0 Å². The molecule has 1 aliphatic rings. The molecular formula is C20H20N4O4S. The van der Waals surface area contributed by atoms with Gasteiger partial charge in [-0.15, -0.1) is 0 Å². The molecule has 1 aromatic heterocycles. The molecule has 1 fully saturated rings. The van der Waals surface area contributed by atoms with Gasteiger partial charge >= 0.3 is 0 Å². The van der Waals surface area contributed by atoms with Crippen molar-refractivity contribution < 1.29 is 17.7 Å². The fourth-order valence-corrected chi connectivity index (χ4v) is 4.73. The van der Waals surface area contributed by atoms with E-state index in [9.17, 15) is 13.2 Å². The summed E-state index contributed by atoms with van der Waals surface area (Å²) in [5, 5.41) is 6.59. The van der Waals surface area contributed by atoms with Crippen LogP contribution >= 0.6 is 0 Å². The lowest BCUT2D eigenvalue weighted by molar-refractivity contribution is 0.0946. The van der Waals surface area contributed by atoms with Gasteiger partial charge < -0.3 is 9.84 Å². The SMILES string of the molecule is O=C(NCc1nc(-c2ccccc2)no1)c1cccc(S(=O)(=O)N2CCCC2)c1. The van der Waals surface area contributed by atoms with Crippen molar-refractivity contribution in [3.8, 4) is 11.4 Å². The molecule has 1 aliphatic heterocycles. The van der Waals surface area contributed by atoms with Gasteiger partial charge in [-0.2, -0.15) is 9.29 Å². The standard InChI is InChI=1S/C20H20N4O4S/c25-20(21-14-18-22-19(23-28-18)15-7-2-1-3-8-15)16-9-6-10-17(13-16)29(26,27)24-11-4-5-12-24/h1-3,6-10,13H,4-5,11-12,14H2,(H,21,25). The van der Waals surface area contributed by atoms with Gasteiger partial charge in [0.25, 0.3) is 5.91 Å². The molecule has 0 aliphatic carbocycles. The van der Waals surface area contributed by atoms with Gasteiger partial charge in [-0.1, -0.05) is 41.6 Å². The van der Waals surface area contributed by atoms with E-state index < -0.39 is 15.9 Å². The minimum absolute atomic E-state index is 0.0434. The predicted molar refractivity (Wildman–Crippen MR) is 105 cm³/mol.